The molecule has 0 saturated carbocycles. The normalized spacial score (nSPS) is 11.0. The summed E-state index contributed by atoms with van der Waals surface area (Å²) in [6.45, 7) is 0. The summed E-state index contributed by atoms with van der Waals surface area (Å²) in [5.74, 6) is 0. The number of para-hydroxylation sites is 2. The molecule has 0 unspecified atom stereocenters. The van der Waals surface area contributed by atoms with Crippen LogP contribution in [0, 0.1) is 12.1 Å². The lowest BCUT2D eigenvalue weighted by Gasteiger charge is -2.26. The van der Waals surface area contributed by atoms with Crippen LogP contribution in [0.5, 0.6) is 0 Å². The van der Waals surface area contributed by atoms with Crippen molar-refractivity contribution in [1.82, 2.24) is 4.57 Å². The first-order chi connectivity index (χ1) is 24.8. The molecule has 0 aliphatic heterocycles. The molecule has 2 heteroatoms. The smallest absolute Gasteiger partial charge is 0.0561 e. The molecule has 50 heavy (non-hydrogen) atoms. The van der Waals surface area contributed by atoms with E-state index in [1.165, 1.54) is 49.6 Å². The first kappa shape index (κ1) is 29.3. The molecule has 8 aromatic carbocycles. The Morgan fingerprint density at radius 2 is 0.880 bits per heavy atom. The number of aromatic nitrogens is 1. The maximum absolute atomic E-state index is 3.05. The second-order valence-corrected chi connectivity index (χ2v) is 12.5. The van der Waals surface area contributed by atoms with Crippen LogP contribution in [0.3, 0.4) is 0 Å². The van der Waals surface area contributed by atoms with E-state index in [4.69, 9.17) is 0 Å². The molecule has 0 amide bonds. The lowest BCUT2D eigenvalue weighted by atomic mass is 10.0. The van der Waals surface area contributed by atoms with Crippen molar-refractivity contribution in [3.63, 3.8) is 0 Å². The molecule has 2 nitrogen and oxygen atoms in total. The van der Waals surface area contributed by atoms with Gasteiger partial charge in [0, 0.05) is 33.5 Å². The average Bonchev–Trinajstić information content (AvgIpc) is 3.53. The van der Waals surface area contributed by atoms with E-state index in [1.807, 2.05) is 12.1 Å². The monoisotopic (exact) mass is 636 g/mol. The minimum atomic E-state index is 1.10. The molecule has 9 aromatic rings. The van der Waals surface area contributed by atoms with E-state index < -0.39 is 0 Å². The third-order valence-electron chi connectivity index (χ3n) is 9.50. The van der Waals surface area contributed by atoms with Crippen LogP contribution < -0.4 is 4.90 Å². The van der Waals surface area contributed by atoms with Gasteiger partial charge in [-0.3, -0.25) is 0 Å². The first-order valence-corrected chi connectivity index (χ1v) is 16.9. The predicted molar refractivity (Wildman–Crippen MR) is 209 cm³/mol. The van der Waals surface area contributed by atoms with Gasteiger partial charge in [-0.25, -0.2) is 0 Å². The Morgan fingerprint density at radius 3 is 1.56 bits per heavy atom. The summed E-state index contributed by atoms with van der Waals surface area (Å²) in [4.78, 5) is 2.34. The van der Waals surface area contributed by atoms with Crippen LogP contribution in [0.2, 0.25) is 0 Å². The van der Waals surface area contributed by atoms with Gasteiger partial charge >= 0.3 is 0 Å². The van der Waals surface area contributed by atoms with Crippen LogP contribution in [-0.4, -0.2) is 4.57 Å². The fourth-order valence-electron chi connectivity index (χ4n) is 7.02. The van der Waals surface area contributed by atoms with Gasteiger partial charge in [-0.05, 0) is 106 Å². The third-order valence-corrected chi connectivity index (χ3v) is 9.50. The van der Waals surface area contributed by atoms with Crippen molar-refractivity contribution in [2.45, 2.75) is 0 Å². The summed E-state index contributed by atoms with van der Waals surface area (Å²) in [6.07, 6.45) is 0. The molecule has 234 valence electrons. The zero-order chi connectivity index (χ0) is 33.3. The van der Waals surface area contributed by atoms with Crippen molar-refractivity contribution in [2.24, 2.45) is 0 Å². The highest BCUT2D eigenvalue weighted by Crippen LogP contribution is 2.40. The van der Waals surface area contributed by atoms with Gasteiger partial charge in [-0.1, -0.05) is 133 Å². The number of nitrogens with zero attached hydrogens (tertiary/aromatic N) is 2. The fraction of sp³-hybridized carbons (Fsp3) is 0. The van der Waals surface area contributed by atoms with Crippen LogP contribution in [0.25, 0.3) is 60.9 Å². The number of hydrogen-bond donors (Lipinski definition) is 0. The van der Waals surface area contributed by atoms with Gasteiger partial charge in [0.05, 0.1) is 11.0 Å². The minimum Gasteiger partial charge on any atom is -0.310 e. The van der Waals surface area contributed by atoms with E-state index in [9.17, 15) is 0 Å². The standard InChI is InChI=1S/C48H32N2/c1-4-12-35(13-5-1)37-20-22-38(23-21-37)40-26-30-43(31-27-40)50-47-19-11-10-18-45(47)46-33-32-44(34-48(46)50)49(41-16-8-3-9-17-41)42-28-24-39(25-29-42)36-14-6-2-7-15-36/h2-4,6-34H. The molecular formula is C48H32N2. The van der Waals surface area contributed by atoms with Crippen LogP contribution in [0.4, 0.5) is 17.1 Å². The molecule has 0 aliphatic carbocycles. The molecular weight excluding hydrogens is 605 g/mol. The number of hydrogen-bond acceptors (Lipinski definition) is 1. The molecule has 0 bridgehead atoms. The Kier molecular flexibility index (Phi) is 7.42. The number of rotatable bonds is 7. The Hall–Kier alpha value is -6.82. The van der Waals surface area contributed by atoms with Gasteiger partial charge in [0.15, 0.2) is 0 Å². The van der Waals surface area contributed by atoms with Crippen LogP contribution in [0.15, 0.2) is 194 Å². The molecule has 9 rings (SSSR count). The predicted octanol–water partition coefficient (Wildman–Crippen LogP) is 12.9. The number of anilines is 3. The summed E-state index contributed by atoms with van der Waals surface area (Å²) in [5.41, 5.74) is 13.9. The molecule has 0 spiro atoms. The zero-order valence-corrected chi connectivity index (χ0v) is 27.4. The van der Waals surface area contributed by atoms with E-state index in [0.29, 0.717) is 0 Å². The Labute approximate surface area is 292 Å². The summed E-state index contributed by atoms with van der Waals surface area (Å²) >= 11 is 0. The van der Waals surface area contributed by atoms with E-state index in [0.717, 1.165) is 28.3 Å². The molecule has 0 fully saturated rings. The topological polar surface area (TPSA) is 8.17 Å². The van der Waals surface area contributed by atoms with Crippen molar-refractivity contribution in [1.29, 1.82) is 0 Å². The Morgan fingerprint density at radius 1 is 0.360 bits per heavy atom. The van der Waals surface area contributed by atoms with Crippen molar-refractivity contribution in [2.75, 3.05) is 4.90 Å². The van der Waals surface area contributed by atoms with Crippen molar-refractivity contribution >= 4 is 38.9 Å². The van der Waals surface area contributed by atoms with Gasteiger partial charge < -0.3 is 9.47 Å². The quantitative estimate of drug-likeness (QED) is 0.169. The van der Waals surface area contributed by atoms with E-state index in [1.54, 1.807) is 0 Å². The highest BCUT2D eigenvalue weighted by Gasteiger charge is 2.17. The SMILES string of the molecule is c1ccc(-c2ccc(-c3ccc(-n4c5ccccc5c5ccc(N(c6ccccc6)c6ccc(-c7ccccc7)cc6)cc54)cc3)cc2)cc#1. The molecule has 0 atom stereocenters. The second kappa shape index (κ2) is 12.7. The Bertz CT molecular complexity index is 2530. The molecule has 0 saturated heterocycles. The molecule has 0 aliphatic rings. The van der Waals surface area contributed by atoms with Gasteiger partial charge in [-0.15, -0.1) is 0 Å². The summed E-state index contributed by atoms with van der Waals surface area (Å²) < 4.78 is 2.39. The van der Waals surface area contributed by atoms with Crippen molar-refractivity contribution < 1.29 is 0 Å². The van der Waals surface area contributed by atoms with E-state index >= 15 is 0 Å². The maximum Gasteiger partial charge on any atom is 0.0561 e. The highest BCUT2D eigenvalue weighted by atomic mass is 15.1. The summed E-state index contributed by atoms with van der Waals surface area (Å²) in [5, 5.41) is 2.47. The lowest BCUT2D eigenvalue weighted by Crippen LogP contribution is -2.10. The van der Waals surface area contributed by atoms with Crippen molar-refractivity contribution in [3.05, 3.63) is 206 Å². The molecule has 1 aromatic heterocycles. The first-order valence-electron chi connectivity index (χ1n) is 16.9. The van der Waals surface area contributed by atoms with Crippen LogP contribution in [0.1, 0.15) is 0 Å². The lowest BCUT2D eigenvalue weighted by molar-refractivity contribution is 1.18. The minimum absolute atomic E-state index is 1.10. The van der Waals surface area contributed by atoms with Crippen molar-refractivity contribution in [3.8, 4) is 39.1 Å². The molecule has 1 heterocycles. The third kappa shape index (κ3) is 5.38. The highest BCUT2D eigenvalue weighted by molar-refractivity contribution is 6.10. The van der Waals surface area contributed by atoms with Gasteiger partial charge in [0.25, 0.3) is 0 Å². The van der Waals surface area contributed by atoms with Crippen LogP contribution >= 0.6 is 0 Å². The van der Waals surface area contributed by atoms with Crippen LogP contribution in [-0.2, 0) is 0 Å². The Balaban J connectivity index is 1.13. The fourth-order valence-corrected chi connectivity index (χ4v) is 7.02. The van der Waals surface area contributed by atoms with Gasteiger partial charge in [0.2, 0.25) is 0 Å². The van der Waals surface area contributed by atoms with E-state index in [-0.39, 0.29) is 0 Å². The average molecular weight is 637 g/mol. The summed E-state index contributed by atoms with van der Waals surface area (Å²) in [6, 6.07) is 75.2. The van der Waals surface area contributed by atoms with Gasteiger partial charge in [0.1, 0.15) is 0 Å². The summed E-state index contributed by atoms with van der Waals surface area (Å²) in [7, 11) is 0. The number of fused-ring (bicyclic) bond motifs is 3. The maximum atomic E-state index is 3.05. The second-order valence-electron chi connectivity index (χ2n) is 12.5. The number of benzene rings is 7. The van der Waals surface area contributed by atoms with Gasteiger partial charge in [-0.2, -0.15) is 0 Å². The molecule has 0 N–H and O–H groups in total. The largest absolute Gasteiger partial charge is 0.310 e. The molecule has 0 radical (unpaired) electrons. The zero-order valence-electron chi connectivity index (χ0n) is 27.4. The van der Waals surface area contributed by atoms with E-state index in [2.05, 4.69) is 204 Å².